The largest absolute Gasteiger partial charge is 0.489 e. The first-order chi connectivity index (χ1) is 5.96. The maximum atomic E-state index is 12.1. The Bertz CT molecular complexity index is 283. The summed E-state index contributed by atoms with van der Waals surface area (Å²) >= 11 is 0. The fourth-order valence-corrected chi connectivity index (χ4v) is 0.884. The molecule has 1 rings (SSSR count). The van der Waals surface area contributed by atoms with E-state index in [0.29, 0.717) is 6.33 Å². The van der Waals surface area contributed by atoms with Crippen LogP contribution in [0, 0.1) is 0 Å². The zero-order valence-corrected chi connectivity index (χ0v) is 6.49. The van der Waals surface area contributed by atoms with Gasteiger partial charge in [0.1, 0.15) is 12.4 Å². The normalized spacial score (nSPS) is 14.5. The number of aliphatic hydroxyl groups is 1. The van der Waals surface area contributed by atoms with Crippen LogP contribution >= 0.6 is 0 Å². The van der Waals surface area contributed by atoms with Crippen LogP contribution in [-0.2, 0) is 6.30 Å². The van der Waals surface area contributed by atoms with E-state index in [0.717, 1.165) is 6.20 Å². The van der Waals surface area contributed by atoms with Gasteiger partial charge in [0.15, 0.2) is 0 Å². The van der Waals surface area contributed by atoms with E-state index in [-0.39, 0.29) is 16.8 Å². The van der Waals surface area contributed by atoms with Crippen molar-refractivity contribution >= 4 is 0 Å². The van der Waals surface area contributed by atoms with Crippen LogP contribution in [-0.4, -0.2) is 21.2 Å². The van der Waals surface area contributed by atoms with Crippen LogP contribution in [0.2, 0.25) is 0 Å². The number of halogens is 3. The molecule has 0 spiro atoms. The molecular formula is C6H8F3N3O. The van der Waals surface area contributed by atoms with E-state index in [1.54, 1.807) is 0 Å². The van der Waals surface area contributed by atoms with Crippen molar-refractivity contribution in [1.82, 2.24) is 9.55 Å². The van der Waals surface area contributed by atoms with Gasteiger partial charge in [-0.3, -0.25) is 0 Å². The fourth-order valence-electron chi connectivity index (χ4n) is 0.884. The van der Waals surface area contributed by atoms with E-state index in [9.17, 15) is 13.2 Å². The lowest BCUT2D eigenvalue weighted by molar-refractivity contribution is -0.207. The molecule has 1 aromatic rings. The highest BCUT2D eigenvalue weighted by Crippen LogP contribution is 2.26. The second-order valence-electron chi connectivity index (χ2n) is 2.41. The topological polar surface area (TPSA) is 64.1 Å². The van der Waals surface area contributed by atoms with Crippen molar-refractivity contribution < 1.29 is 18.3 Å². The number of rotatable bonds is 2. The molecule has 0 bridgehead atoms. The lowest BCUT2D eigenvalue weighted by Crippen LogP contribution is -2.23. The van der Waals surface area contributed by atoms with Crippen molar-refractivity contribution in [3.63, 3.8) is 0 Å². The van der Waals surface area contributed by atoms with Gasteiger partial charge >= 0.3 is 6.30 Å². The van der Waals surface area contributed by atoms with Crippen molar-refractivity contribution in [1.29, 1.82) is 0 Å². The van der Waals surface area contributed by atoms with Crippen LogP contribution in [0.25, 0.3) is 0 Å². The molecule has 13 heavy (non-hydrogen) atoms. The van der Waals surface area contributed by atoms with E-state index in [4.69, 9.17) is 10.8 Å². The third-order valence-corrected chi connectivity index (χ3v) is 1.50. The lowest BCUT2D eigenvalue weighted by Gasteiger charge is -2.13. The van der Waals surface area contributed by atoms with Crippen molar-refractivity contribution in [3.05, 3.63) is 18.2 Å². The first-order valence-electron chi connectivity index (χ1n) is 3.44. The van der Waals surface area contributed by atoms with E-state index >= 15 is 0 Å². The van der Waals surface area contributed by atoms with Crippen LogP contribution in [0.15, 0.2) is 12.5 Å². The van der Waals surface area contributed by atoms with Crippen LogP contribution in [0.4, 0.5) is 13.2 Å². The quantitative estimate of drug-likeness (QED) is 0.715. The van der Waals surface area contributed by atoms with Crippen LogP contribution in [0.5, 0.6) is 0 Å². The van der Waals surface area contributed by atoms with Gasteiger partial charge in [-0.15, -0.1) is 13.2 Å². The van der Waals surface area contributed by atoms with Gasteiger partial charge in [0.25, 0.3) is 0 Å². The van der Waals surface area contributed by atoms with Gasteiger partial charge in [-0.05, 0) is 0 Å². The number of imidazole rings is 1. The highest BCUT2D eigenvalue weighted by atomic mass is 19.4. The second-order valence-corrected chi connectivity index (χ2v) is 2.41. The summed E-state index contributed by atoms with van der Waals surface area (Å²) in [5, 5.41) is 9.08. The predicted molar refractivity (Wildman–Crippen MR) is 37.5 cm³/mol. The summed E-state index contributed by atoms with van der Waals surface area (Å²) in [6, 6.07) is 0. The molecule has 0 aromatic carbocycles. The molecule has 0 fully saturated rings. The molecular weight excluding hydrogens is 187 g/mol. The van der Waals surface area contributed by atoms with Gasteiger partial charge in [-0.1, -0.05) is 0 Å². The molecule has 0 amide bonds. The van der Waals surface area contributed by atoms with Gasteiger partial charge in [0.2, 0.25) is 0 Å². The summed E-state index contributed by atoms with van der Waals surface area (Å²) in [5.41, 5.74) is 4.67. The molecule has 1 aromatic heterocycles. The van der Waals surface area contributed by atoms with Crippen molar-refractivity contribution in [3.8, 4) is 0 Å². The Morgan fingerprint density at radius 2 is 2.23 bits per heavy atom. The molecule has 0 saturated heterocycles. The highest BCUT2D eigenvalue weighted by Gasteiger charge is 2.33. The summed E-state index contributed by atoms with van der Waals surface area (Å²) in [6.07, 6.45) is -4.38. The van der Waals surface area contributed by atoms with Crippen LogP contribution in [0.3, 0.4) is 0 Å². The van der Waals surface area contributed by atoms with Gasteiger partial charge in [-0.2, -0.15) is 0 Å². The molecule has 1 unspecified atom stereocenters. The number of nitrogens with zero attached hydrogens (tertiary/aromatic N) is 2. The number of hydrogen-bond donors (Lipinski definition) is 2. The standard InChI is InChI=1S/C6H8F3N3O/c7-6(8,9)12-3-11-2-4(12)5(13)1-10/h2-3,5,13H,1,10H2. The monoisotopic (exact) mass is 195 g/mol. The third-order valence-electron chi connectivity index (χ3n) is 1.50. The summed E-state index contributed by atoms with van der Waals surface area (Å²) in [4.78, 5) is 3.29. The minimum Gasteiger partial charge on any atom is -0.385 e. The number of aromatic nitrogens is 2. The Hall–Kier alpha value is -1.08. The Labute approximate surface area is 71.8 Å². The minimum atomic E-state index is -4.57. The van der Waals surface area contributed by atoms with Crippen molar-refractivity contribution in [2.24, 2.45) is 5.73 Å². The first kappa shape index (κ1) is 10.0. The molecule has 0 saturated carbocycles. The average molecular weight is 195 g/mol. The zero-order chi connectivity index (χ0) is 10.1. The number of hydrogen-bond acceptors (Lipinski definition) is 3. The average Bonchev–Trinajstić information content (AvgIpc) is 2.49. The van der Waals surface area contributed by atoms with E-state index < -0.39 is 12.4 Å². The lowest BCUT2D eigenvalue weighted by atomic mass is 10.3. The molecule has 0 aliphatic heterocycles. The van der Waals surface area contributed by atoms with E-state index in [2.05, 4.69) is 4.98 Å². The van der Waals surface area contributed by atoms with Gasteiger partial charge in [0, 0.05) is 6.54 Å². The maximum Gasteiger partial charge on any atom is 0.489 e. The highest BCUT2D eigenvalue weighted by molar-refractivity contribution is 5.03. The molecule has 4 nitrogen and oxygen atoms in total. The van der Waals surface area contributed by atoms with E-state index in [1.807, 2.05) is 0 Å². The van der Waals surface area contributed by atoms with Crippen LogP contribution in [0.1, 0.15) is 11.8 Å². The molecule has 0 radical (unpaired) electrons. The maximum absolute atomic E-state index is 12.1. The molecule has 3 N–H and O–H groups in total. The van der Waals surface area contributed by atoms with Gasteiger partial charge in [0.05, 0.1) is 11.9 Å². The molecule has 7 heteroatoms. The summed E-state index contributed by atoms with van der Waals surface area (Å²) in [5.74, 6) is 0. The molecule has 1 atom stereocenters. The Balaban J connectivity index is 3.03. The summed E-state index contributed by atoms with van der Waals surface area (Å²) in [7, 11) is 0. The molecule has 74 valence electrons. The van der Waals surface area contributed by atoms with Gasteiger partial charge in [-0.25, -0.2) is 9.55 Å². The molecule has 0 aliphatic carbocycles. The third kappa shape index (κ3) is 1.99. The predicted octanol–water partition coefficient (Wildman–Crippen LogP) is 0.351. The number of alkyl halides is 3. The van der Waals surface area contributed by atoms with Gasteiger partial charge < -0.3 is 10.8 Å². The molecule has 0 aliphatic rings. The first-order valence-corrected chi connectivity index (χ1v) is 3.44. The van der Waals surface area contributed by atoms with E-state index in [1.165, 1.54) is 0 Å². The summed E-state index contributed by atoms with van der Waals surface area (Å²) < 4.78 is 36.4. The fraction of sp³-hybridized carbons (Fsp3) is 0.500. The zero-order valence-electron chi connectivity index (χ0n) is 6.49. The van der Waals surface area contributed by atoms with Crippen molar-refractivity contribution in [2.45, 2.75) is 12.4 Å². The van der Waals surface area contributed by atoms with Crippen molar-refractivity contribution in [2.75, 3.05) is 6.54 Å². The number of nitrogens with two attached hydrogens (primary N) is 1. The Morgan fingerprint density at radius 1 is 1.62 bits per heavy atom. The summed E-state index contributed by atoms with van der Waals surface area (Å²) in [6.45, 7) is -0.276. The smallest absolute Gasteiger partial charge is 0.385 e. The van der Waals surface area contributed by atoms with Crippen LogP contribution < -0.4 is 5.73 Å². The number of aliphatic hydroxyl groups excluding tert-OH is 1. The Kier molecular flexibility index (Phi) is 2.58. The Morgan fingerprint density at radius 3 is 2.69 bits per heavy atom. The molecule has 1 heterocycles. The second kappa shape index (κ2) is 3.35. The SMILES string of the molecule is NCC(O)c1cncn1C(F)(F)F. The minimum absolute atomic E-state index is 0.0650.